The molecule has 8 heteroatoms. The van der Waals surface area contributed by atoms with E-state index in [1.807, 2.05) is 24.5 Å². The van der Waals surface area contributed by atoms with Crippen LogP contribution in [-0.2, 0) is 20.1 Å². The number of hydrogen-bond acceptors (Lipinski definition) is 5. The first-order valence-corrected chi connectivity index (χ1v) is 11.0. The lowest BCUT2D eigenvalue weighted by molar-refractivity contribution is 0.118. The van der Waals surface area contributed by atoms with Crippen LogP contribution in [0.2, 0.25) is 5.02 Å². The van der Waals surface area contributed by atoms with E-state index in [0.29, 0.717) is 0 Å². The second kappa shape index (κ2) is 7.91. The molecule has 150 valence electrons. The van der Waals surface area contributed by atoms with E-state index in [4.69, 9.17) is 16.6 Å². The van der Waals surface area contributed by atoms with Crippen molar-refractivity contribution in [2.75, 3.05) is 26.2 Å². The summed E-state index contributed by atoms with van der Waals surface area (Å²) in [6, 6.07) is 7.99. The predicted octanol–water partition coefficient (Wildman–Crippen LogP) is 3.77. The molecule has 5 rings (SSSR count). The van der Waals surface area contributed by atoms with Crippen molar-refractivity contribution in [3.8, 4) is 11.3 Å². The topological polar surface area (TPSA) is 41.6 Å². The molecule has 29 heavy (non-hydrogen) atoms. The molecule has 4 heterocycles. The van der Waals surface area contributed by atoms with Gasteiger partial charge in [-0.15, -0.1) is 11.3 Å². The minimum Gasteiger partial charge on any atom is -0.337 e. The van der Waals surface area contributed by atoms with Gasteiger partial charge in [-0.25, -0.2) is 9.97 Å². The van der Waals surface area contributed by atoms with Crippen molar-refractivity contribution in [1.82, 2.24) is 28.7 Å². The van der Waals surface area contributed by atoms with Gasteiger partial charge in [-0.05, 0) is 12.1 Å². The van der Waals surface area contributed by atoms with Gasteiger partial charge < -0.3 is 4.57 Å². The Morgan fingerprint density at radius 3 is 2.41 bits per heavy atom. The third-order valence-electron chi connectivity index (χ3n) is 5.60. The summed E-state index contributed by atoms with van der Waals surface area (Å²) in [6.45, 7) is 5.99. The van der Waals surface area contributed by atoms with Gasteiger partial charge in [-0.3, -0.25) is 14.2 Å². The van der Waals surface area contributed by atoms with E-state index in [-0.39, 0.29) is 0 Å². The number of hydrogen-bond donors (Lipinski definition) is 0. The van der Waals surface area contributed by atoms with Crippen LogP contribution in [0.15, 0.2) is 48.2 Å². The van der Waals surface area contributed by atoms with E-state index < -0.39 is 0 Å². The fourth-order valence-electron chi connectivity index (χ4n) is 3.89. The van der Waals surface area contributed by atoms with Gasteiger partial charge in [0, 0.05) is 74.3 Å². The number of benzene rings is 1. The van der Waals surface area contributed by atoms with Gasteiger partial charge in [0.2, 0.25) is 0 Å². The van der Waals surface area contributed by atoms with Crippen LogP contribution >= 0.6 is 22.9 Å². The van der Waals surface area contributed by atoms with E-state index in [9.17, 15) is 0 Å². The number of imidazole rings is 2. The summed E-state index contributed by atoms with van der Waals surface area (Å²) in [5.41, 5.74) is 3.43. The Bertz CT molecular complexity index is 1100. The summed E-state index contributed by atoms with van der Waals surface area (Å²) in [5, 5.41) is 2.85. The molecule has 0 N–H and O–H groups in total. The zero-order chi connectivity index (χ0) is 19.8. The minimum absolute atomic E-state index is 0.750. The van der Waals surface area contributed by atoms with Crippen LogP contribution in [-0.4, -0.2) is 54.9 Å². The summed E-state index contributed by atoms with van der Waals surface area (Å²) in [4.78, 5) is 15.4. The summed E-state index contributed by atoms with van der Waals surface area (Å²) in [6.07, 6.45) is 6.00. The van der Waals surface area contributed by atoms with Crippen LogP contribution < -0.4 is 0 Å². The van der Waals surface area contributed by atoms with Crippen molar-refractivity contribution < 1.29 is 0 Å². The lowest BCUT2D eigenvalue weighted by Crippen LogP contribution is -2.45. The number of rotatable bonds is 5. The highest BCUT2D eigenvalue weighted by atomic mass is 35.5. The molecule has 4 aromatic rings. The van der Waals surface area contributed by atoms with E-state index in [1.165, 1.54) is 5.69 Å². The Morgan fingerprint density at radius 2 is 1.72 bits per heavy atom. The first-order valence-electron chi connectivity index (χ1n) is 9.78. The van der Waals surface area contributed by atoms with Gasteiger partial charge >= 0.3 is 0 Å². The molecular formula is C21H23ClN6S. The van der Waals surface area contributed by atoms with Crippen LogP contribution in [0.5, 0.6) is 0 Å². The highest BCUT2D eigenvalue weighted by Crippen LogP contribution is 2.29. The molecule has 1 aliphatic heterocycles. The summed E-state index contributed by atoms with van der Waals surface area (Å²) < 4.78 is 4.33. The maximum atomic E-state index is 6.08. The van der Waals surface area contributed by atoms with Crippen molar-refractivity contribution >= 4 is 27.9 Å². The molecular weight excluding hydrogens is 404 g/mol. The minimum atomic E-state index is 0.750. The molecule has 0 radical (unpaired) electrons. The lowest BCUT2D eigenvalue weighted by Gasteiger charge is -2.34. The van der Waals surface area contributed by atoms with E-state index >= 15 is 0 Å². The lowest BCUT2D eigenvalue weighted by atomic mass is 10.1. The molecule has 0 spiro atoms. The van der Waals surface area contributed by atoms with Gasteiger partial charge in [-0.1, -0.05) is 23.7 Å². The third-order valence-corrected chi connectivity index (χ3v) is 6.61. The van der Waals surface area contributed by atoms with Crippen molar-refractivity contribution in [1.29, 1.82) is 0 Å². The van der Waals surface area contributed by atoms with E-state index in [2.05, 4.69) is 54.5 Å². The summed E-state index contributed by atoms with van der Waals surface area (Å²) >= 11 is 7.76. The summed E-state index contributed by atoms with van der Waals surface area (Å²) in [5.74, 6) is 1.12. The fraction of sp³-hybridized carbons (Fsp3) is 0.333. The Balaban J connectivity index is 1.32. The molecule has 6 nitrogen and oxygen atoms in total. The van der Waals surface area contributed by atoms with Gasteiger partial charge in [0.25, 0.3) is 0 Å². The number of piperazine rings is 1. The van der Waals surface area contributed by atoms with Crippen LogP contribution in [0.25, 0.3) is 16.2 Å². The Hall–Kier alpha value is -2.19. The average molecular weight is 427 g/mol. The quantitative estimate of drug-likeness (QED) is 0.487. The third kappa shape index (κ3) is 3.83. The predicted molar refractivity (Wildman–Crippen MR) is 117 cm³/mol. The molecule has 0 aliphatic carbocycles. The van der Waals surface area contributed by atoms with Crippen LogP contribution in [0.3, 0.4) is 0 Å². The molecule has 0 atom stereocenters. The molecule has 1 aliphatic rings. The zero-order valence-electron chi connectivity index (χ0n) is 16.3. The maximum absolute atomic E-state index is 6.08. The van der Waals surface area contributed by atoms with Crippen LogP contribution in [0, 0.1) is 0 Å². The molecule has 1 fully saturated rings. The average Bonchev–Trinajstić information content (AvgIpc) is 3.42. The number of aryl methyl sites for hydroxylation is 1. The smallest absolute Gasteiger partial charge is 0.194 e. The second-order valence-corrected chi connectivity index (χ2v) is 8.79. The Labute approximate surface area is 179 Å². The highest BCUT2D eigenvalue weighted by molar-refractivity contribution is 7.15. The number of fused-ring (bicyclic) bond motifs is 1. The standard InChI is InChI=1S/C21H23ClN6S/c1-25-7-6-23-19(25)15-27-10-8-26(9-11-27)14-18-20(16-2-4-17(22)5-3-16)24-21-28(18)12-13-29-21/h2-7,12-13H,8-11,14-15H2,1H3. The van der Waals surface area contributed by atoms with Crippen molar-refractivity contribution in [2.24, 2.45) is 7.05 Å². The number of halogens is 1. The van der Waals surface area contributed by atoms with Crippen molar-refractivity contribution in [2.45, 2.75) is 13.1 Å². The SMILES string of the molecule is Cn1ccnc1CN1CCN(Cc2c(-c3ccc(Cl)cc3)nc3sccn23)CC1. The molecule has 3 aromatic heterocycles. The normalized spacial score (nSPS) is 16.1. The van der Waals surface area contributed by atoms with Crippen LogP contribution in [0.1, 0.15) is 11.5 Å². The van der Waals surface area contributed by atoms with Gasteiger partial charge in [0.05, 0.1) is 17.9 Å². The zero-order valence-corrected chi connectivity index (χ0v) is 17.9. The number of thiazole rings is 1. The summed E-state index contributed by atoms with van der Waals surface area (Å²) in [7, 11) is 2.06. The molecule has 1 saturated heterocycles. The maximum Gasteiger partial charge on any atom is 0.194 e. The molecule has 1 aromatic carbocycles. The monoisotopic (exact) mass is 426 g/mol. The molecule has 0 unspecified atom stereocenters. The number of aromatic nitrogens is 4. The molecule has 0 amide bonds. The largest absolute Gasteiger partial charge is 0.337 e. The Morgan fingerprint density at radius 1 is 1.00 bits per heavy atom. The van der Waals surface area contributed by atoms with Gasteiger partial charge in [0.1, 0.15) is 5.82 Å². The van der Waals surface area contributed by atoms with Crippen LogP contribution in [0.4, 0.5) is 0 Å². The van der Waals surface area contributed by atoms with Crippen molar-refractivity contribution in [3.63, 3.8) is 0 Å². The van der Waals surface area contributed by atoms with Gasteiger partial charge in [-0.2, -0.15) is 0 Å². The van der Waals surface area contributed by atoms with E-state index in [0.717, 1.165) is 66.3 Å². The Kier molecular flexibility index (Phi) is 5.13. The second-order valence-electron chi connectivity index (χ2n) is 7.48. The number of nitrogens with zero attached hydrogens (tertiary/aromatic N) is 6. The fourth-order valence-corrected chi connectivity index (χ4v) is 4.75. The van der Waals surface area contributed by atoms with Crippen molar-refractivity contribution in [3.05, 3.63) is 64.8 Å². The van der Waals surface area contributed by atoms with E-state index in [1.54, 1.807) is 11.3 Å². The molecule has 0 saturated carbocycles. The highest BCUT2D eigenvalue weighted by Gasteiger charge is 2.22. The molecule has 0 bridgehead atoms. The first-order chi connectivity index (χ1) is 14.2. The van der Waals surface area contributed by atoms with Gasteiger partial charge in [0.15, 0.2) is 4.96 Å². The first kappa shape index (κ1) is 18.8.